The van der Waals surface area contributed by atoms with Crippen molar-refractivity contribution in [1.82, 2.24) is 20.0 Å². The second-order valence-corrected chi connectivity index (χ2v) is 7.51. The van der Waals surface area contributed by atoms with Crippen LogP contribution in [-0.4, -0.2) is 78.9 Å². The van der Waals surface area contributed by atoms with Crippen LogP contribution >= 0.6 is 0 Å². The van der Waals surface area contributed by atoms with Crippen LogP contribution in [0, 0.1) is 0 Å². The Kier molecular flexibility index (Phi) is 7.24. The van der Waals surface area contributed by atoms with E-state index in [-0.39, 0.29) is 17.9 Å². The second-order valence-electron chi connectivity index (χ2n) is 7.51. The minimum absolute atomic E-state index is 0.0954. The van der Waals surface area contributed by atoms with E-state index in [0.717, 1.165) is 70.6 Å². The van der Waals surface area contributed by atoms with Crippen molar-refractivity contribution in [3.05, 3.63) is 35.9 Å². The zero-order valence-corrected chi connectivity index (χ0v) is 16.4. The van der Waals surface area contributed by atoms with Crippen molar-refractivity contribution in [2.75, 3.05) is 52.4 Å². The lowest BCUT2D eigenvalue weighted by Gasteiger charge is -2.39. The van der Waals surface area contributed by atoms with E-state index in [1.165, 1.54) is 0 Å². The maximum absolute atomic E-state index is 13.2. The zero-order chi connectivity index (χ0) is 19.1. The lowest BCUT2D eigenvalue weighted by atomic mass is 10.0. The van der Waals surface area contributed by atoms with Crippen LogP contribution in [0.15, 0.2) is 30.3 Å². The van der Waals surface area contributed by atoms with Gasteiger partial charge in [0.05, 0.1) is 6.54 Å². The van der Waals surface area contributed by atoms with Gasteiger partial charge in [-0.3, -0.25) is 19.4 Å². The summed E-state index contributed by atoms with van der Waals surface area (Å²) in [6.07, 6.45) is 3.17. The average molecular weight is 373 g/mol. The summed E-state index contributed by atoms with van der Waals surface area (Å²) in [5, 5.41) is 2.94. The predicted octanol–water partition coefficient (Wildman–Crippen LogP) is 1.49. The van der Waals surface area contributed by atoms with Gasteiger partial charge in [0, 0.05) is 45.8 Å². The van der Waals surface area contributed by atoms with E-state index in [0.29, 0.717) is 6.54 Å². The predicted molar refractivity (Wildman–Crippen MR) is 106 cm³/mol. The molecule has 27 heavy (non-hydrogen) atoms. The van der Waals surface area contributed by atoms with Crippen LogP contribution < -0.4 is 5.32 Å². The van der Waals surface area contributed by atoms with Crippen molar-refractivity contribution in [2.45, 2.75) is 32.2 Å². The number of carbonyl (C=O) groups is 2. The smallest absolute Gasteiger partial charge is 0.244 e. The van der Waals surface area contributed by atoms with Gasteiger partial charge in [0.1, 0.15) is 6.04 Å². The van der Waals surface area contributed by atoms with Gasteiger partial charge >= 0.3 is 0 Å². The molecular weight excluding hydrogens is 340 g/mol. The van der Waals surface area contributed by atoms with E-state index in [9.17, 15) is 9.59 Å². The molecule has 6 heteroatoms. The molecule has 0 saturated carbocycles. The van der Waals surface area contributed by atoms with Crippen molar-refractivity contribution in [2.24, 2.45) is 0 Å². The quantitative estimate of drug-likeness (QED) is 0.788. The molecule has 0 aliphatic carbocycles. The number of amides is 2. The third kappa shape index (κ3) is 5.30. The molecule has 2 fully saturated rings. The number of carbonyl (C=O) groups excluding carboxylic acids is 2. The fraction of sp³-hybridized carbons (Fsp3) is 0.619. The molecular formula is C21H32N4O2. The van der Waals surface area contributed by atoms with Gasteiger partial charge in [-0.25, -0.2) is 0 Å². The Morgan fingerprint density at radius 1 is 1.00 bits per heavy atom. The molecule has 1 N–H and O–H groups in total. The van der Waals surface area contributed by atoms with Crippen LogP contribution in [0.3, 0.4) is 0 Å². The van der Waals surface area contributed by atoms with Crippen molar-refractivity contribution >= 4 is 11.8 Å². The Morgan fingerprint density at radius 3 is 2.30 bits per heavy atom. The lowest BCUT2D eigenvalue weighted by Crippen LogP contribution is -2.53. The minimum atomic E-state index is -0.208. The van der Waals surface area contributed by atoms with Crippen molar-refractivity contribution in [3.8, 4) is 0 Å². The molecule has 2 saturated heterocycles. The van der Waals surface area contributed by atoms with Gasteiger partial charge < -0.3 is 10.2 Å². The Hall–Kier alpha value is -1.92. The first-order valence-electron chi connectivity index (χ1n) is 10.3. The molecule has 1 atom stereocenters. The van der Waals surface area contributed by atoms with Crippen LogP contribution in [0.25, 0.3) is 0 Å². The molecule has 1 unspecified atom stereocenters. The summed E-state index contributed by atoms with van der Waals surface area (Å²) in [6, 6.07) is 9.92. The number of hydrogen-bond donors (Lipinski definition) is 1. The highest BCUT2D eigenvalue weighted by atomic mass is 16.2. The van der Waals surface area contributed by atoms with E-state index in [1.807, 2.05) is 23.1 Å². The van der Waals surface area contributed by atoms with E-state index in [4.69, 9.17) is 0 Å². The summed E-state index contributed by atoms with van der Waals surface area (Å²) in [7, 11) is 0. The fourth-order valence-electron chi connectivity index (χ4n) is 3.96. The monoisotopic (exact) mass is 372 g/mol. The van der Waals surface area contributed by atoms with Gasteiger partial charge in [-0.1, -0.05) is 37.3 Å². The lowest BCUT2D eigenvalue weighted by molar-refractivity contribution is -0.137. The molecule has 0 bridgehead atoms. The Labute approximate surface area is 162 Å². The number of nitrogens with zero attached hydrogens (tertiary/aromatic N) is 3. The largest absolute Gasteiger partial charge is 0.355 e. The molecule has 3 rings (SSSR count). The van der Waals surface area contributed by atoms with E-state index in [2.05, 4.69) is 34.2 Å². The van der Waals surface area contributed by atoms with Gasteiger partial charge in [-0.15, -0.1) is 0 Å². The normalized spacial score (nSPS) is 19.8. The zero-order valence-electron chi connectivity index (χ0n) is 16.4. The molecule has 0 radical (unpaired) electrons. The molecule has 0 aromatic heterocycles. The number of rotatable bonds is 7. The third-order valence-corrected chi connectivity index (χ3v) is 5.48. The maximum Gasteiger partial charge on any atom is 0.244 e. The van der Waals surface area contributed by atoms with Crippen molar-refractivity contribution < 1.29 is 9.59 Å². The van der Waals surface area contributed by atoms with Crippen LogP contribution in [0.1, 0.15) is 37.8 Å². The molecule has 1 aromatic rings. The Bertz CT molecular complexity index is 608. The molecule has 148 valence electrons. The molecule has 2 aliphatic rings. The third-order valence-electron chi connectivity index (χ3n) is 5.48. The standard InChI is InChI=1S/C21H32N4O2/c1-2-10-22-19(26)17-23-13-15-24(16-14-23)20(18-8-4-3-5-9-18)21(27)25-11-6-7-12-25/h3-5,8-9,20H,2,6-7,10-17H2,1H3,(H,22,26). The van der Waals surface area contributed by atoms with Gasteiger partial charge in [0.15, 0.2) is 0 Å². The summed E-state index contributed by atoms with van der Waals surface area (Å²) in [4.78, 5) is 31.7. The number of benzene rings is 1. The van der Waals surface area contributed by atoms with Crippen LogP contribution in [0.4, 0.5) is 0 Å². The summed E-state index contributed by atoms with van der Waals surface area (Å²) in [5.74, 6) is 0.325. The van der Waals surface area contributed by atoms with Crippen LogP contribution in [0.2, 0.25) is 0 Å². The number of piperazine rings is 1. The summed E-state index contributed by atoms with van der Waals surface area (Å²) in [5.41, 5.74) is 1.07. The summed E-state index contributed by atoms with van der Waals surface area (Å²) >= 11 is 0. The highest BCUT2D eigenvalue weighted by Gasteiger charge is 2.34. The van der Waals surface area contributed by atoms with E-state index in [1.54, 1.807) is 0 Å². The average Bonchev–Trinajstić information content (AvgIpc) is 3.23. The SMILES string of the molecule is CCCNC(=O)CN1CCN(C(C(=O)N2CCCC2)c2ccccc2)CC1. The highest BCUT2D eigenvalue weighted by Crippen LogP contribution is 2.26. The molecule has 6 nitrogen and oxygen atoms in total. The topological polar surface area (TPSA) is 55.9 Å². The minimum Gasteiger partial charge on any atom is -0.355 e. The Morgan fingerprint density at radius 2 is 1.67 bits per heavy atom. The molecule has 2 aliphatic heterocycles. The highest BCUT2D eigenvalue weighted by molar-refractivity contribution is 5.83. The van der Waals surface area contributed by atoms with Crippen molar-refractivity contribution in [1.29, 1.82) is 0 Å². The van der Waals surface area contributed by atoms with Gasteiger partial charge in [-0.2, -0.15) is 0 Å². The Balaban J connectivity index is 1.62. The summed E-state index contributed by atoms with van der Waals surface area (Å²) in [6.45, 7) is 8.23. The molecule has 0 spiro atoms. The second kappa shape index (κ2) is 9.85. The number of likely N-dealkylation sites (tertiary alicyclic amines) is 1. The number of hydrogen-bond acceptors (Lipinski definition) is 4. The first-order chi connectivity index (χ1) is 13.2. The van der Waals surface area contributed by atoms with E-state index >= 15 is 0 Å². The van der Waals surface area contributed by atoms with Crippen molar-refractivity contribution in [3.63, 3.8) is 0 Å². The summed E-state index contributed by atoms with van der Waals surface area (Å²) < 4.78 is 0. The first kappa shape index (κ1) is 19.8. The first-order valence-corrected chi connectivity index (χ1v) is 10.3. The van der Waals surface area contributed by atoms with Crippen LogP contribution in [0.5, 0.6) is 0 Å². The number of nitrogens with one attached hydrogen (secondary N) is 1. The van der Waals surface area contributed by atoms with Crippen LogP contribution in [-0.2, 0) is 9.59 Å². The molecule has 2 heterocycles. The van der Waals surface area contributed by atoms with Gasteiger partial charge in [-0.05, 0) is 24.8 Å². The van der Waals surface area contributed by atoms with Gasteiger partial charge in [0.25, 0.3) is 0 Å². The molecule has 2 amide bonds. The van der Waals surface area contributed by atoms with E-state index < -0.39 is 0 Å². The van der Waals surface area contributed by atoms with Gasteiger partial charge in [0.2, 0.25) is 11.8 Å². The maximum atomic E-state index is 13.2. The molecule has 1 aromatic carbocycles. The fourth-order valence-corrected chi connectivity index (χ4v) is 3.96.